The Bertz CT molecular complexity index is 747. The molecule has 0 aliphatic carbocycles. The molecule has 3 rings (SSSR count). The molecule has 0 spiro atoms. The van der Waals surface area contributed by atoms with Crippen molar-refractivity contribution >= 4 is 17.7 Å². The van der Waals surface area contributed by atoms with Crippen LogP contribution < -0.4 is 9.47 Å². The quantitative estimate of drug-likeness (QED) is 0.844. The molecule has 1 heterocycles. The highest BCUT2D eigenvalue weighted by Gasteiger charge is 2.33. The first-order chi connectivity index (χ1) is 11.7. The monoisotopic (exact) mass is 343 g/mol. The summed E-state index contributed by atoms with van der Waals surface area (Å²) in [6.07, 6.45) is 0. The summed E-state index contributed by atoms with van der Waals surface area (Å²) in [4.78, 5) is 15.0. The maximum absolute atomic E-state index is 13.0. The van der Waals surface area contributed by atoms with E-state index < -0.39 is 0 Å². The molecular weight excluding hydrogens is 322 g/mol. The fourth-order valence-corrected chi connectivity index (χ4v) is 4.21. The molecule has 1 aliphatic heterocycles. The summed E-state index contributed by atoms with van der Waals surface area (Å²) in [5, 5.41) is -0.0674. The van der Waals surface area contributed by atoms with E-state index in [0.717, 1.165) is 40.5 Å². The Labute approximate surface area is 146 Å². The lowest BCUT2D eigenvalue weighted by atomic mass is 10.1. The summed E-state index contributed by atoms with van der Waals surface area (Å²) in [5.41, 5.74) is 2.73. The second-order valence-corrected chi connectivity index (χ2v) is 6.83. The number of amides is 1. The number of aryl methyl sites for hydroxylation is 1. The van der Waals surface area contributed by atoms with Crippen molar-refractivity contribution in [1.29, 1.82) is 0 Å². The highest BCUT2D eigenvalue weighted by molar-refractivity contribution is 7.99. The van der Waals surface area contributed by atoms with Crippen molar-refractivity contribution in [1.82, 2.24) is 4.90 Å². The van der Waals surface area contributed by atoms with E-state index >= 15 is 0 Å². The molecule has 24 heavy (non-hydrogen) atoms. The minimum atomic E-state index is -0.0674. The van der Waals surface area contributed by atoms with Gasteiger partial charge in [0.1, 0.15) is 16.9 Å². The average Bonchev–Trinajstić information content (AvgIpc) is 3.10. The number of carbonyl (C=O) groups excluding carboxylic acids is 1. The third kappa shape index (κ3) is 3.08. The summed E-state index contributed by atoms with van der Waals surface area (Å²) in [7, 11) is 3.29. The van der Waals surface area contributed by atoms with Crippen LogP contribution in [-0.2, 0) is 0 Å². The highest BCUT2D eigenvalue weighted by Crippen LogP contribution is 2.43. The van der Waals surface area contributed by atoms with Gasteiger partial charge < -0.3 is 14.4 Å². The van der Waals surface area contributed by atoms with E-state index in [2.05, 4.69) is 0 Å². The first-order valence-corrected chi connectivity index (χ1v) is 8.90. The van der Waals surface area contributed by atoms with Gasteiger partial charge in [-0.3, -0.25) is 4.79 Å². The minimum Gasteiger partial charge on any atom is -0.497 e. The molecule has 126 valence electrons. The maximum atomic E-state index is 13.0. The topological polar surface area (TPSA) is 38.8 Å². The van der Waals surface area contributed by atoms with Gasteiger partial charge in [0.25, 0.3) is 5.91 Å². The van der Waals surface area contributed by atoms with Gasteiger partial charge in [0.15, 0.2) is 0 Å². The minimum absolute atomic E-state index is 0.0629. The normalized spacial score (nSPS) is 17.0. The molecule has 1 amide bonds. The number of methoxy groups -OCH3 is 2. The van der Waals surface area contributed by atoms with Gasteiger partial charge >= 0.3 is 0 Å². The number of carbonyl (C=O) groups is 1. The Hall–Kier alpha value is -2.14. The molecule has 1 atom stereocenters. The third-order valence-corrected chi connectivity index (χ3v) is 5.47. The molecule has 0 aromatic heterocycles. The van der Waals surface area contributed by atoms with Crippen molar-refractivity contribution in [3.8, 4) is 11.5 Å². The molecule has 0 N–H and O–H groups in total. The molecule has 0 saturated carbocycles. The van der Waals surface area contributed by atoms with Crippen molar-refractivity contribution in [3.63, 3.8) is 0 Å². The second kappa shape index (κ2) is 7.18. The summed E-state index contributed by atoms with van der Waals surface area (Å²) in [6.45, 7) is 2.69. The van der Waals surface area contributed by atoms with Gasteiger partial charge in [0, 0.05) is 23.4 Å². The largest absolute Gasteiger partial charge is 0.497 e. The first-order valence-electron chi connectivity index (χ1n) is 7.86. The van der Waals surface area contributed by atoms with Crippen LogP contribution in [-0.4, -0.2) is 37.3 Å². The van der Waals surface area contributed by atoms with Gasteiger partial charge in [-0.15, -0.1) is 11.8 Å². The van der Waals surface area contributed by atoms with E-state index in [0.29, 0.717) is 0 Å². The number of ether oxygens (including phenoxy) is 2. The van der Waals surface area contributed by atoms with Gasteiger partial charge in [0.05, 0.1) is 14.2 Å². The molecule has 2 aromatic carbocycles. The predicted octanol–water partition coefficient (Wildman–Crippen LogP) is 3.90. The summed E-state index contributed by atoms with van der Waals surface area (Å²) < 4.78 is 10.9. The molecule has 1 saturated heterocycles. The van der Waals surface area contributed by atoms with E-state index in [1.54, 1.807) is 26.0 Å². The molecule has 1 aliphatic rings. The van der Waals surface area contributed by atoms with Crippen LogP contribution in [0.25, 0.3) is 0 Å². The Balaban J connectivity index is 1.97. The Morgan fingerprint density at radius 1 is 1.17 bits per heavy atom. The summed E-state index contributed by atoms with van der Waals surface area (Å²) in [6, 6.07) is 13.4. The molecule has 5 heteroatoms. The Morgan fingerprint density at radius 3 is 2.67 bits per heavy atom. The van der Waals surface area contributed by atoms with Crippen molar-refractivity contribution in [3.05, 3.63) is 59.2 Å². The molecule has 1 fully saturated rings. The number of hydrogen-bond acceptors (Lipinski definition) is 4. The summed E-state index contributed by atoms with van der Waals surface area (Å²) in [5.74, 6) is 2.51. The Morgan fingerprint density at radius 2 is 1.96 bits per heavy atom. The fraction of sp³-hybridized carbons (Fsp3) is 0.316. The number of hydrogen-bond donors (Lipinski definition) is 0. The SMILES string of the molecule is COc1ccc(OC)c([C@@H]2SCCN2C(=O)c2ccccc2C)c1. The lowest BCUT2D eigenvalue weighted by molar-refractivity contribution is 0.0758. The zero-order valence-electron chi connectivity index (χ0n) is 14.1. The lowest BCUT2D eigenvalue weighted by Gasteiger charge is -2.26. The number of nitrogens with zero attached hydrogens (tertiary/aromatic N) is 1. The fourth-order valence-electron chi connectivity index (χ4n) is 2.94. The van der Waals surface area contributed by atoms with Gasteiger partial charge in [-0.1, -0.05) is 18.2 Å². The molecule has 0 bridgehead atoms. The number of rotatable bonds is 4. The van der Waals surface area contributed by atoms with Gasteiger partial charge in [-0.2, -0.15) is 0 Å². The van der Waals surface area contributed by atoms with Crippen molar-refractivity contribution in [2.24, 2.45) is 0 Å². The molecule has 0 unspecified atom stereocenters. The lowest BCUT2D eigenvalue weighted by Crippen LogP contribution is -2.31. The average molecular weight is 343 g/mol. The van der Waals surface area contributed by atoms with E-state index in [1.165, 1.54) is 0 Å². The molecule has 4 nitrogen and oxygen atoms in total. The molecule has 2 aromatic rings. The second-order valence-electron chi connectivity index (χ2n) is 5.64. The van der Waals surface area contributed by atoms with Crippen LogP contribution >= 0.6 is 11.8 Å². The highest BCUT2D eigenvalue weighted by atomic mass is 32.2. The smallest absolute Gasteiger partial charge is 0.255 e. The maximum Gasteiger partial charge on any atom is 0.255 e. The van der Waals surface area contributed by atoms with E-state index in [4.69, 9.17) is 9.47 Å². The van der Waals surface area contributed by atoms with Crippen LogP contribution in [0.5, 0.6) is 11.5 Å². The van der Waals surface area contributed by atoms with Crippen molar-refractivity contribution in [2.45, 2.75) is 12.3 Å². The number of thioether (sulfide) groups is 1. The van der Waals surface area contributed by atoms with Gasteiger partial charge in [0.2, 0.25) is 0 Å². The van der Waals surface area contributed by atoms with E-state index in [9.17, 15) is 4.79 Å². The molecular formula is C19H21NO3S. The zero-order chi connectivity index (χ0) is 17.1. The van der Waals surface area contributed by atoms with Gasteiger partial charge in [-0.05, 0) is 36.8 Å². The predicted molar refractivity (Wildman–Crippen MR) is 97.0 cm³/mol. The van der Waals surface area contributed by atoms with Crippen LogP contribution in [0.4, 0.5) is 0 Å². The standard InChI is InChI=1S/C19H21NO3S/c1-13-6-4-5-7-15(13)18(21)20-10-11-24-19(20)16-12-14(22-2)8-9-17(16)23-3/h4-9,12,19H,10-11H2,1-3H3/t19-/m0/s1. The first kappa shape index (κ1) is 16.7. The van der Waals surface area contributed by atoms with Crippen LogP contribution in [0.2, 0.25) is 0 Å². The van der Waals surface area contributed by atoms with Crippen LogP contribution in [0.15, 0.2) is 42.5 Å². The van der Waals surface area contributed by atoms with Crippen molar-refractivity contribution in [2.75, 3.05) is 26.5 Å². The van der Waals surface area contributed by atoms with Crippen LogP contribution in [0.1, 0.15) is 26.9 Å². The third-order valence-electron chi connectivity index (χ3n) is 4.23. The van der Waals surface area contributed by atoms with E-state index in [1.807, 2.05) is 54.3 Å². The van der Waals surface area contributed by atoms with Crippen molar-refractivity contribution < 1.29 is 14.3 Å². The van der Waals surface area contributed by atoms with Gasteiger partial charge in [-0.25, -0.2) is 0 Å². The molecule has 0 radical (unpaired) electrons. The number of benzene rings is 2. The Kier molecular flexibility index (Phi) is 5.00. The zero-order valence-corrected chi connectivity index (χ0v) is 14.9. The van der Waals surface area contributed by atoms with Crippen LogP contribution in [0.3, 0.4) is 0 Å². The van der Waals surface area contributed by atoms with Crippen LogP contribution in [0, 0.1) is 6.92 Å². The summed E-state index contributed by atoms with van der Waals surface area (Å²) >= 11 is 1.75. The van der Waals surface area contributed by atoms with E-state index in [-0.39, 0.29) is 11.3 Å².